The highest BCUT2D eigenvalue weighted by atomic mass is 16.6. The molecule has 0 aromatic rings. The maximum absolute atomic E-state index is 12.3. The third-order valence-electron chi connectivity index (χ3n) is 3.58. The topological polar surface area (TPSA) is 66.8 Å². The summed E-state index contributed by atoms with van der Waals surface area (Å²) < 4.78 is 5.32. The Hall–Kier alpha value is -1.78. The minimum Gasteiger partial charge on any atom is -0.480 e. The molecule has 5 heteroatoms. The van der Waals surface area contributed by atoms with E-state index in [1.807, 2.05) is 0 Å². The Morgan fingerprint density at radius 2 is 1.86 bits per heavy atom. The lowest BCUT2D eigenvalue weighted by Gasteiger charge is -2.28. The second-order valence-corrected chi connectivity index (χ2v) is 6.65. The van der Waals surface area contributed by atoms with Crippen LogP contribution in [0.2, 0.25) is 0 Å². The van der Waals surface area contributed by atoms with Crippen molar-refractivity contribution in [3.63, 3.8) is 0 Å². The van der Waals surface area contributed by atoms with Crippen LogP contribution in [0.1, 0.15) is 40.0 Å². The van der Waals surface area contributed by atoms with E-state index in [2.05, 4.69) is 13.2 Å². The van der Waals surface area contributed by atoms with Gasteiger partial charge in [-0.15, -0.1) is 13.2 Å². The summed E-state index contributed by atoms with van der Waals surface area (Å²) in [6.45, 7) is 13.1. The molecule has 1 saturated heterocycles. The maximum atomic E-state index is 12.3. The van der Waals surface area contributed by atoms with Gasteiger partial charge in [-0.2, -0.15) is 0 Å². The zero-order valence-electron chi connectivity index (χ0n) is 13.1. The minimum atomic E-state index is -1.00. The quantitative estimate of drug-likeness (QED) is 0.791. The van der Waals surface area contributed by atoms with E-state index in [1.54, 1.807) is 32.9 Å². The molecular weight excluding hydrogens is 270 g/mol. The fourth-order valence-electron chi connectivity index (χ4n) is 2.78. The van der Waals surface area contributed by atoms with Crippen LogP contribution in [0.25, 0.3) is 0 Å². The Balaban J connectivity index is 3.00. The lowest BCUT2D eigenvalue weighted by molar-refractivity contribution is -0.142. The average molecular weight is 295 g/mol. The van der Waals surface area contributed by atoms with Crippen LogP contribution < -0.4 is 0 Å². The van der Waals surface area contributed by atoms with Crippen LogP contribution in [0.15, 0.2) is 25.3 Å². The molecule has 0 spiro atoms. The highest BCUT2D eigenvalue weighted by Gasteiger charge is 2.48. The van der Waals surface area contributed by atoms with Gasteiger partial charge in [0.05, 0.1) is 0 Å². The van der Waals surface area contributed by atoms with Gasteiger partial charge in [0.15, 0.2) is 0 Å². The molecule has 1 aliphatic heterocycles. The number of hydrogen-bond donors (Lipinski definition) is 1. The van der Waals surface area contributed by atoms with E-state index in [0.29, 0.717) is 25.8 Å². The van der Waals surface area contributed by atoms with Crippen molar-refractivity contribution in [2.45, 2.75) is 51.7 Å². The van der Waals surface area contributed by atoms with Crippen molar-refractivity contribution in [1.82, 2.24) is 4.90 Å². The Kier molecular flexibility index (Phi) is 5.20. The van der Waals surface area contributed by atoms with Gasteiger partial charge in [-0.25, -0.2) is 9.59 Å². The Morgan fingerprint density at radius 1 is 1.33 bits per heavy atom. The second-order valence-electron chi connectivity index (χ2n) is 6.65. The van der Waals surface area contributed by atoms with Gasteiger partial charge in [0.2, 0.25) is 0 Å². The van der Waals surface area contributed by atoms with Crippen molar-refractivity contribution in [2.75, 3.05) is 6.54 Å². The highest BCUT2D eigenvalue weighted by Crippen LogP contribution is 2.42. The SMILES string of the molecule is C=CCC1(CC=C)C[C@@H](C(=O)O)N(C(=O)OC(C)(C)C)C1. The summed E-state index contributed by atoms with van der Waals surface area (Å²) in [5.74, 6) is -1.00. The Labute approximate surface area is 126 Å². The van der Waals surface area contributed by atoms with Crippen molar-refractivity contribution in [1.29, 1.82) is 0 Å². The van der Waals surface area contributed by atoms with E-state index in [0.717, 1.165) is 0 Å². The van der Waals surface area contributed by atoms with Crippen molar-refractivity contribution < 1.29 is 19.4 Å². The fraction of sp³-hybridized carbons (Fsp3) is 0.625. The first-order chi connectivity index (χ1) is 9.64. The summed E-state index contributed by atoms with van der Waals surface area (Å²) in [4.78, 5) is 25.1. The maximum Gasteiger partial charge on any atom is 0.411 e. The van der Waals surface area contributed by atoms with E-state index in [1.165, 1.54) is 4.90 Å². The number of likely N-dealkylation sites (tertiary alicyclic amines) is 1. The van der Waals surface area contributed by atoms with Gasteiger partial charge in [0, 0.05) is 6.54 Å². The predicted octanol–water partition coefficient (Wildman–Crippen LogP) is 3.22. The van der Waals surface area contributed by atoms with Crippen molar-refractivity contribution >= 4 is 12.1 Å². The summed E-state index contributed by atoms with van der Waals surface area (Å²) in [5, 5.41) is 9.40. The molecule has 5 nitrogen and oxygen atoms in total. The lowest BCUT2D eigenvalue weighted by atomic mass is 9.79. The van der Waals surface area contributed by atoms with Crippen LogP contribution in [0.5, 0.6) is 0 Å². The number of aliphatic carboxylic acids is 1. The molecule has 1 fully saturated rings. The standard InChI is InChI=1S/C16H25NO4/c1-6-8-16(9-7-2)10-12(13(18)19)17(11-16)14(20)21-15(3,4)5/h6-7,12H,1-2,8-11H2,3-5H3,(H,18,19)/t12-/m0/s1. The number of nitrogens with zero attached hydrogens (tertiary/aromatic N) is 1. The number of amides is 1. The molecule has 1 N–H and O–H groups in total. The van der Waals surface area contributed by atoms with Gasteiger partial charge in [-0.05, 0) is 45.4 Å². The molecule has 118 valence electrons. The number of rotatable bonds is 5. The van der Waals surface area contributed by atoms with Crippen LogP contribution in [-0.2, 0) is 9.53 Å². The monoisotopic (exact) mass is 295 g/mol. The second kappa shape index (κ2) is 6.33. The van der Waals surface area contributed by atoms with Crippen molar-refractivity contribution in [3.05, 3.63) is 25.3 Å². The van der Waals surface area contributed by atoms with Crippen LogP contribution in [0, 0.1) is 5.41 Å². The third-order valence-corrected chi connectivity index (χ3v) is 3.58. The van der Waals surface area contributed by atoms with Gasteiger partial charge >= 0.3 is 12.1 Å². The van der Waals surface area contributed by atoms with Gasteiger partial charge in [-0.1, -0.05) is 12.2 Å². The summed E-state index contributed by atoms with van der Waals surface area (Å²) in [7, 11) is 0. The van der Waals surface area contributed by atoms with Crippen LogP contribution in [-0.4, -0.2) is 40.3 Å². The van der Waals surface area contributed by atoms with Crippen LogP contribution >= 0.6 is 0 Å². The molecule has 0 radical (unpaired) electrons. The van der Waals surface area contributed by atoms with Gasteiger partial charge in [-0.3, -0.25) is 4.90 Å². The first-order valence-corrected chi connectivity index (χ1v) is 7.08. The lowest BCUT2D eigenvalue weighted by Crippen LogP contribution is -2.43. The smallest absolute Gasteiger partial charge is 0.411 e. The van der Waals surface area contributed by atoms with E-state index in [9.17, 15) is 14.7 Å². The summed E-state index contributed by atoms with van der Waals surface area (Å²) >= 11 is 0. The number of allylic oxidation sites excluding steroid dienone is 2. The van der Waals surface area contributed by atoms with Gasteiger partial charge in [0.1, 0.15) is 11.6 Å². The Morgan fingerprint density at radius 3 is 2.24 bits per heavy atom. The molecular formula is C16H25NO4. The van der Waals surface area contributed by atoms with E-state index in [-0.39, 0.29) is 5.41 Å². The summed E-state index contributed by atoms with van der Waals surface area (Å²) in [5.41, 5.74) is -0.967. The van der Waals surface area contributed by atoms with Crippen molar-refractivity contribution in [2.24, 2.45) is 5.41 Å². The van der Waals surface area contributed by atoms with Crippen LogP contribution in [0.4, 0.5) is 4.79 Å². The molecule has 1 amide bonds. The van der Waals surface area contributed by atoms with E-state index >= 15 is 0 Å². The predicted molar refractivity (Wildman–Crippen MR) is 81.0 cm³/mol. The number of carboxylic acids is 1. The number of carboxylic acid groups (broad SMARTS) is 1. The Bertz CT molecular complexity index is 426. The molecule has 0 aliphatic carbocycles. The first-order valence-electron chi connectivity index (χ1n) is 7.08. The van der Waals surface area contributed by atoms with Crippen LogP contribution in [0.3, 0.4) is 0 Å². The van der Waals surface area contributed by atoms with Gasteiger partial charge in [0.25, 0.3) is 0 Å². The zero-order valence-corrected chi connectivity index (χ0v) is 13.1. The van der Waals surface area contributed by atoms with Crippen molar-refractivity contribution in [3.8, 4) is 0 Å². The minimum absolute atomic E-state index is 0.316. The number of carbonyl (C=O) groups is 2. The molecule has 0 aromatic carbocycles. The molecule has 0 unspecified atom stereocenters. The molecule has 0 saturated carbocycles. The molecule has 0 aromatic heterocycles. The third kappa shape index (κ3) is 4.34. The molecule has 0 bridgehead atoms. The van der Waals surface area contributed by atoms with E-state index in [4.69, 9.17) is 4.74 Å². The number of ether oxygens (including phenoxy) is 1. The fourth-order valence-corrected chi connectivity index (χ4v) is 2.78. The summed E-state index contributed by atoms with van der Waals surface area (Å²) in [6.07, 6.45) is 4.62. The average Bonchev–Trinajstić information content (AvgIpc) is 2.68. The number of carbonyl (C=O) groups excluding carboxylic acids is 1. The molecule has 1 heterocycles. The normalized spacial score (nSPS) is 20.9. The molecule has 1 atom stereocenters. The molecule has 1 rings (SSSR count). The summed E-state index contributed by atoms with van der Waals surface area (Å²) in [6, 6.07) is -0.861. The highest BCUT2D eigenvalue weighted by molar-refractivity contribution is 5.81. The largest absolute Gasteiger partial charge is 0.480 e. The molecule has 21 heavy (non-hydrogen) atoms. The number of hydrogen-bond acceptors (Lipinski definition) is 3. The first kappa shape index (κ1) is 17.3. The zero-order chi connectivity index (χ0) is 16.3. The van der Waals surface area contributed by atoms with Gasteiger partial charge < -0.3 is 9.84 Å². The van der Waals surface area contributed by atoms with E-state index < -0.39 is 23.7 Å². The molecule has 1 aliphatic rings.